The van der Waals surface area contributed by atoms with E-state index in [0.29, 0.717) is 26.6 Å². The lowest BCUT2D eigenvalue weighted by Gasteiger charge is -2.22. The number of carbonyl (C=O) groups is 2. The number of rotatable bonds is 6. The number of nitrogens with zero attached hydrogens (tertiary/aromatic N) is 3. The van der Waals surface area contributed by atoms with E-state index < -0.39 is 18.0 Å². The maximum atomic E-state index is 13.8. The molecule has 200 valence electrons. The van der Waals surface area contributed by atoms with Crippen molar-refractivity contribution < 1.29 is 23.8 Å². The number of carboxylic acid groups (broad SMARTS) is 1. The molecule has 0 bridgehead atoms. The third kappa shape index (κ3) is 4.57. The summed E-state index contributed by atoms with van der Waals surface area (Å²) in [5.74, 6) is -0.401. The standard InChI is InChI=1S/C29H27N3O6S/c1-6-37-28(36)24-17(4)30-29-32(25(24)22-12-7-16(3)38-22)26(33)23(39-29)14-20-13-15(2)31(18(20)5)21-10-8-19(9-11-21)27(34)35/h7-14,25H,6H2,1-5H3,(H,34,35)/b23-14+/t25-/m0/s1. The zero-order chi connectivity index (χ0) is 28.0. The highest BCUT2D eigenvalue weighted by atomic mass is 32.1. The van der Waals surface area contributed by atoms with E-state index in [2.05, 4.69) is 4.99 Å². The Balaban J connectivity index is 1.65. The average molecular weight is 546 g/mol. The normalized spacial score (nSPS) is 15.3. The molecule has 39 heavy (non-hydrogen) atoms. The Morgan fingerprint density at radius 1 is 1.13 bits per heavy atom. The second-order valence-corrected chi connectivity index (χ2v) is 10.3. The molecular weight excluding hydrogens is 518 g/mol. The van der Waals surface area contributed by atoms with Crippen molar-refractivity contribution in [3.8, 4) is 5.69 Å². The van der Waals surface area contributed by atoms with Crippen LogP contribution in [0.25, 0.3) is 11.8 Å². The second-order valence-electron chi connectivity index (χ2n) is 9.26. The molecule has 0 spiro atoms. The van der Waals surface area contributed by atoms with Crippen LogP contribution in [0.3, 0.4) is 0 Å². The number of aromatic carboxylic acids is 1. The van der Waals surface area contributed by atoms with Gasteiger partial charge >= 0.3 is 11.9 Å². The van der Waals surface area contributed by atoms with Crippen LogP contribution in [0.2, 0.25) is 0 Å². The third-order valence-corrected chi connectivity index (χ3v) is 7.66. The Kier molecular flexibility index (Phi) is 6.73. The summed E-state index contributed by atoms with van der Waals surface area (Å²) in [6, 6.07) is 11.4. The Bertz CT molecular complexity index is 1830. The smallest absolute Gasteiger partial charge is 0.338 e. The zero-order valence-electron chi connectivity index (χ0n) is 22.1. The van der Waals surface area contributed by atoms with E-state index in [9.17, 15) is 19.5 Å². The average Bonchev–Trinajstić information content (AvgIpc) is 3.54. The van der Waals surface area contributed by atoms with Crippen LogP contribution in [0.15, 0.2) is 67.9 Å². The van der Waals surface area contributed by atoms with Crippen molar-refractivity contribution in [3.63, 3.8) is 0 Å². The SMILES string of the molecule is CCOC(=O)C1=C(C)N=c2s/c(=C/c3cc(C)n(-c4ccc(C(=O)O)cc4)c3C)c(=O)n2[C@H]1c1ccc(C)o1. The lowest BCUT2D eigenvalue weighted by atomic mass is 10.0. The second kappa shape index (κ2) is 10.0. The van der Waals surface area contributed by atoms with E-state index in [1.807, 2.05) is 30.6 Å². The van der Waals surface area contributed by atoms with Crippen molar-refractivity contribution in [2.24, 2.45) is 4.99 Å². The van der Waals surface area contributed by atoms with Crippen molar-refractivity contribution in [1.82, 2.24) is 9.13 Å². The summed E-state index contributed by atoms with van der Waals surface area (Å²) in [6.45, 7) is 9.35. The molecule has 1 N–H and O–H groups in total. The predicted molar refractivity (Wildman–Crippen MR) is 146 cm³/mol. The van der Waals surface area contributed by atoms with Crippen LogP contribution in [0, 0.1) is 20.8 Å². The summed E-state index contributed by atoms with van der Waals surface area (Å²) >= 11 is 1.24. The Morgan fingerprint density at radius 2 is 1.85 bits per heavy atom. The summed E-state index contributed by atoms with van der Waals surface area (Å²) in [4.78, 5) is 43.1. The van der Waals surface area contributed by atoms with Crippen LogP contribution in [0.5, 0.6) is 0 Å². The van der Waals surface area contributed by atoms with Crippen molar-refractivity contribution in [2.75, 3.05) is 6.61 Å². The number of furan rings is 1. The minimum Gasteiger partial charge on any atom is -0.478 e. The van der Waals surface area contributed by atoms with Gasteiger partial charge in [-0.2, -0.15) is 0 Å². The summed E-state index contributed by atoms with van der Waals surface area (Å²) in [5, 5.41) is 9.22. The van der Waals surface area contributed by atoms with Crippen LogP contribution >= 0.6 is 11.3 Å². The maximum absolute atomic E-state index is 13.8. The number of benzene rings is 1. The molecule has 4 aromatic rings. The summed E-state index contributed by atoms with van der Waals surface area (Å²) < 4.78 is 15.2. The number of ether oxygens (including phenoxy) is 1. The topological polar surface area (TPSA) is 116 Å². The molecule has 1 aliphatic rings. The molecular formula is C29H27N3O6S. The first kappa shape index (κ1) is 26.2. The van der Waals surface area contributed by atoms with E-state index in [1.54, 1.807) is 57.2 Å². The Morgan fingerprint density at radius 3 is 2.46 bits per heavy atom. The minimum atomic E-state index is -0.983. The fraction of sp³-hybridized carbons (Fsp3) is 0.241. The monoisotopic (exact) mass is 545 g/mol. The molecule has 0 unspecified atom stereocenters. The molecule has 0 aliphatic carbocycles. The first-order chi connectivity index (χ1) is 18.6. The third-order valence-electron chi connectivity index (χ3n) is 6.68. The number of aryl methyl sites for hydroxylation is 2. The molecule has 4 heterocycles. The van der Waals surface area contributed by atoms with Crippen LogP contribution in [0.1, 0.15) is 58.7 Å². The largest absolute Gasteiger partial charge is 0.478 e. The van der Waals surface area contributed by atoms with Gasteiger partial charge in [0, 0.05) is 17.1 Å². The predicted octanol–water partition coefficient (Wildman–Crippen LogP) is 3.81. The highest BCUT2D eigenvalue weighted by molar-refractivity contribution is 7.07. The number of allylic oxidation sites excluding steroid dienone is 1. The molecule has 0 fully saturated rings. The fourth-order valence-electron chi connectivity index (χ4n) is 4.89. The van der Waals surface area contributed by atoms with Gasteiger partial charge in [0.1, 0.15) is 17.6 Å². The van der Waals surface area contributed by atoms with Gasteiger partial charge in [0.2, 0.25) is 0 Å². The number of hydrogen-bond donors (Lipinski definition) is 1. The first-order valence-electron chi connectivity index (χ1n) is 12.4. The summed E-state index contributed by atoms with van der Waals surface area (Å²) in [5.41, 5.74) is 4.15. The highest BCUT2D eigenvalue weighted by Gasteiger charge is 2.35. The van der Waals surface area contributed by atoms with Gasteiger partial charge in [0.05, 0.1) is 28.0 Å². The number of hydrogen-bond acceptors (Lipinski definition) is 7. The molecule has 0 amide bonds. The van der Waals surface area contributed by atoms with E-state index in [0.717, 1.165) is 22.6 Å². The van der Waals surface area contributed by atoms with Gasteiger partial charge in [-0.1, -0.05) is 11.3 Å². The van der Waals surface area contributed by atoms with Gasteiger partial charge in [-0.05, 0) is 88.7 Å². The van der Waals surface area contributed by atoms with Gasteiger partial charge < -0.3 is 18.8 Å². The number of aromatic nitrogens is 2. The quantitative estimate of drug-likeness (QED) is 0.369. The van der Waals surface area contributed by atoms with E-state index in [-0.39, 0.29) is 23.3 Å². The number of thiazole rings is 1. The van der Waals surface area contributed by atoms with Crippen molar-refractivity contribution >= 4 is 29.4 Å². The van der Waals surface area contributed by atoms with Gasteiger partial charge in [0.25, 0.3) is 5.56 Å². The molecule has 10 heteroatoms. The van der Waals surface area contributed by atoms with Gasteiger partial charge in [0.15, 0.2) is 4.80 Å². The van der Waals surface area contributed by atoms with E-state index >= 15 is 0 Å². The molecule has 1 aromatic carbocycles. The number of esters is 1. The molecule has 0 saturated heterocycles. The Labute approximate surface area is 227 Å². The van der Waals surface area contributed by atoms with E-state index in [4.69, 9.17) is 9.15 Å². The number of carbonyl (C=O) groups excluding carboxylic acids is 1. The minimum absolute atomic E-state index is 0.193. The first-order valence-corrected chi connectivity index (χ1v) is 13.2. The maximum Gasteiger partial charge on any atom is 0.338 e. The van der Waals surface area contributed by atoms with Gasteiger partial charge in [-0.15, -0.1) is 0 Å². The van der Waals surface area contributed by atoms with Crippen LogP contribution in [-0.2, 0) is 9.53 Å². The van der Waals surface area contributed by atoms with Crippen molar-refractivity contribution in [2.45, 2.75) is 40.7 Å². The van der Waals surface area contributed by atoms with Gasteiger partial charge in [-0.3, -0.25) is 9.36 Å². The molecule has 3 aromatic heterocycles. The molecule has 9 nitrogen and oxygen atoms in total. The molecule has 1 aliphatic heterocycles. The van der Waals surface area contributed by atoms with Crippen molar-refractivity contribution in [3.05, 3.63) is 107 Å². The number of fused-ring (bicyclic) bond motifs is 1. The fourth-order valence-corrected chi connectivity index (χ4v) is 5.92. The van der Waals surface area contributed by atoms with Crippen LogP contribution in [-0.4, -0.2) is 32.8 Å². The molecule has 0 saturated carbocycles. The molecule has 0 radical (unpaired) electrons. The molecule has 5 rings (SSSR count). The Hall–Kier alpha value is -4.44. The van der Waals surface area contributed by atoms with Crippen molar-refractivity contribution in [1.29, 1.82) is 0 Å². The van der Waals surface area contributed by atoms with E-state index in [1.165, 1.54) is 15.9 Å². The highest BCUT2D eigenvalue weighted by Crippen LogP contribution is 2.31. The number of carboxylic acids is 1. The summed E-state index contributed by atoms with van der Waals surface area (Å²) in [6.07, 6.45) is 1.82. The lowest BCUT2D eigenvalue weighted by Crippen LogP contribution is -2.39. The zero-order valence-corrected chi connectivity index (χ0v) is 23.0. The van der Waals surface area contributed by atoms with Gasteiger partial charge in [-0.25, -0.2) is 14.6 Å². The summed E-state index contributed by atoms with van der Waals surface area (Å²) in [7, 11) is 0. The van der Waals surface area contributed by atoms with Crippen LogP contribution in [0.4, 0.5) is 0 Å². The lowest BCUT2D eigenvalue weighted by molar-refractivity contribution is -0.139. The molecule has 1 atom stereocenters. The van der Waals surface area contributed by atoms with Crippen LogP contribution < -0.4 is 14.9 Å².